The lowest BCUT2D eigenvalue weighted by molar-refractivity contribution is 0.271. The Morgan fingerprint density at radius 1 is 1.40 bits per heavy atom. The van der Waals surface area contributed by atoms with Crippen molar-refractivity contribution in [1.82, 2.24) is 0 Å². The van der Waals surface area contributed by atoms with Crippen LogP contribution < -0.4 is 0 Å². The lowest BCUT2D eigenvalue weighted by Gasteiger charge is -2.33. The van der Waals surface area contributed by atoms with Gasteiger partial charge in [-0.2, -0.15) is 0 Å². The zero-order valence-corrected chi connectivity index (χ0v) is 10.2. The first-order chi connectivity index (χ1) is 7.10. The second-order valence-electron chi connectivity index (χ2n) is 5.70. The molecule has 0 spiro atoms. The van der Waals surface area contributed by atoms with Gasteiger partial charge in [-0.1, -0.05) is 18.2 Å². The summed E-state index contributed by atoms with van der Waals surface area (Å²) in [6, 6.07) is 0. The standard InChI is InChI=1S/C15H23/c1-12-7-9-15(3,10-8-12)14-6-4-5-13(2)11-14/h7H,2,4-6,8-11H2,1,3H3/q+1/t15-/m1/s1. The van der Waals surface area contributed by atoms with E-state index in [1.807, 2.05) is 0 Å². The summed E-state index contributed by atoms with van der Waals surface area (Å²) in [5.41, 5.74) is 3.54. The van der Waals surface area contributed by atoms with E-state index >= 15 is 0 Å². The van der Waals surface area contributed by atoms with E-state index in [4.69, 9.17) is 0 Å². The van der Waals surface area contributed by atoms with E-state index in [-0.39, 0.29) is 0 Å². The highest BCUT2D eigenvalue weighted by Gasteiger charge is 2.45. The van der Waals surface area contributed by atoms with Gasteiger partial charge in [-0.05, 0) is 45.1 Å². The maximum Gasteiger partial charge on any atom is 0.112 e. The van der Waals surface area contributed by atoms with Gasteiger partial charge < -0.3 is 0 Å². The fraction of sp³-hybridized carbons (Fsp3) is 0.667. The van der Waals surface area contributed by atoms with Crippen LogP contribution >= 0.6 is 0 Å². The third-order valence-corrected chi connectivity index (χ3v) is 4.30. The summed E-state index contributed by atoms with van der Waals surface area (Å²) in [6.07, 6.45) is 11.5. The maximum absolute atomic E-state index is 4.17. The summed E-state index contributed by atoms with van der Waals surface area (Å²) in [7, 11) is 0. The molecule has 0 aromatic carbocycles. The Hall–Kier alpha value is -0.650. The number of hydrogen-bond acceptors (Lipinski definition) is 0. The molecule has 0 amide bonds. The monoisotopic (exact) mass is 203 g/mol. The van der Waals surface area contributed by atoms with Crippen LogP contribution in [0.2, 0.25) is 0 Å². The average Bonchev–Trinajstić information content (AvgIpc) is 2.23. The highest BCUT2D eigenvalue weighted by atomic mass is 14.4. The zero-order chi connectivity index (χ0) is 10.9. The third-order valence-electron chi connectivity index (χ3n) is 4.30. The molecular weight excluding hydrogens is 180 g/mol. The summed E-state index contributed by atoms with van der Waals surface area (Å²) < 4.78 is 0. The molecule has 0 aromatic heterocycles. The molecule has 2 aliphatic carbocycles. The van der Waals surface area contributed by atoms with Gasteiger partial charge >= 0.3 is 0 Å². The van der Waals surface area contributed by atoms with Gasteiger partial charge in [-0.15, -0.1) is 0 Å². The summed E-state index contributed by atoms with van der Waals surface area (Å²) in [5, 5.41) is 0. The second-order valence-corrected chi connectivity index (χ2v) is 5.70. The lowest BCUT2D eigenvalue weighted by Crippen LogP contribution is -2.29. The van der Waals surface area contributed by atoms with Crippen molar-refractivity contribution in [3.63, 3.8) is 0 Å². The van der Waals surface area contributed by atoms with Crippen LogP contribution in [0.3, 0.4) is 0 Å². The summed E-state index contributed by atoms with van der Waals surface area (Å²) in [4.78, 5) is 0. The van der Waals surface area contributed by atoms with Crippen LogP contribution in [0.1, 0.15) is 58.8 Å². The number of rotatable bonds is 1. The highest BCUT2D eigenvalue weighted by Crippen LogP contribution is 2.49. The van der Waals surface area contributed by atoms with Crippen molar-refractivity contribution in [1.29, 1.82) is 0 Å². The first kappa shape index (κ1) is 10.9. The van der Waals surface area contributed by atoms with Gasteiger partial charge in [-0.3, -0.25) is 0 Å². The highest BCUT2D eigenvalue weighted by molar-refractivity contribution is 5.21. The Morgan fingerprint density at radius 2 is 2.20 bits per heavy atom. The fourth-order valence-corrected chi connectivity index (χ4v) is 2.94. The van der Waals surface area contributed by atoms with Crippen molar-refractivity contribution in [3.8, 4) is 0 Å². The van der Waals surface area contributed by atoms with Gasteiger partial charge in [0, 0.05) is 6.42 Å². The first-order valence-electron chi connectivity index (χ1n) is 6.28. The normalized spacial score (nSPS) is 32.8. The van der Waals surface area contributed by atoms with Gasteiger partial charge in [0.15, 0.2) is 0 Å². The van der Waals surface area contributed by atoms with E-state index in [0.717, 1.165) is 0 Å². The van der Waals surface area contributed by atoms with E-state index in [1.54, 1.807) is 11.5 Å². The minimum absolute atomic E-state index is 0.489. The molecule has 0 aliphatic heterocycles. The molecule has 0 radical (unpaired) electrons. The molecule has 0 saturated heterocycles. The summed E-state index contributed by atoms with van der Waals surface area (Å²) in [6.45, 7) is 8.90. The molecule has 1 fully saturated rings. The number of allylic oxidation sites excluding steroid dienone is 3. The Balaban J connectivity index is 2.05. The quantitative estimate of drug-likeness (QED) is 0.423. The molecule has 0 heteroatoms. The Bertz CT molecular complexity index is 284. The van der Waals surface area contributed by atoms with Crippen molar-refractivity contribution in [3.05, 3.63) is 29.7 Å². The molecular formula is C15H23+. The van der Waals surface area contributed by atoms with Gasteiger partial charge in [-0.25, -0.2) is 0 Å². The Kier molecular flexibility index (Phi) is 2.95. The van der Waals surface area contributed by atoms with Crippen LogP contribution in [0, 0.1) is 11.3 Å². The molecule has 0 aromatic rings. The molecule has 2 rings (SSSR count). The van der Waals surface area contributed by atoms with Crippen LogP contribution in [0.5, 0.6) is 0 Å². The van der Waals surface area contributed by atoms with E-state index in [1.165, 1.54) is 50.5 Å². The van der Waals surface area contributed by atoms with Gasteiger partial charge in [0.2, 0.25) is 0 Å². The van der Waals surface area contributed by atoms with Crippen molar-refractivity contribution in [2.24, 2.45) is 5.41 Å². The SMILES string of the molecule is C=C1CCC[C+]([C@]2(C)CC=C(C)CC2)C1. The number of hydrogen-bond donors (Lipinski definition) is 0. The Labute approximate surface area is 94.5 Å². The summed E-state index contributed by atoms with van der Waals surface area (Å²) in [5.74, 6) is 1.78. The molecule has 82 valence electrons. The van der Waals surface area contributed by atoms with Crippen LogP contribution in [0.15, 0.2) is 23.8 Å². The van der Waals surface area contributed by atoms with Crippen molar-refractivity contribution in [2.75, 3.05) is 0 Å². The topological polar surface area (TPSA) is 0 Å². The van der Waals surface area contributed by atoms with Crippen molar-refractivity contribution in [2.45, 2.75) is 58.8 Å². The third kappa shape index (κ3) is 2.30. The predicted octanol–water partition coefficient (Wildman–Crippen LogP) is 4.83. The molecule has 2 aliphatic rings. The smallest absolute Gasteiger partial charge is 0.0956 e. The van der Waals surface area contributed by atoms with Crippen LogP contribution in [0.25, 0.3) is 0 Å². The van der Waals surface area contributed by atoms with E-state index in [9.17, 15) is 0 Å². The minimum atomic E-state index is 0.489. The molecule has 0 heterocycles. The average molecular weight is 203 g/mol. The van der Waals surface area contributed by atoms with Crippen molar-refractivity contribution < 1.29 is 0 Å². The molecule has 0 N–H and O–H groups in total. The lowest BCUT2D eigenvalue weighted by atomic mass is 9.63. The molecule has 0 bridgehead atoms. The zero-order valence-electron chi connectivity index (χ0n) is 10.2. The maximum atomic E-state index is 4.17. The minimum Gasteiger partial charge on any atom is -0.0956 e. The Morgan fingerprint density at radius 3 is 2.80 bits per heavy atom. The van der Waals surface area contributed by atoms with Crippen LogP contribution in [-0.2, 0) is 0 Å². The van der Waals surface area contributed by atoms with Gasteiger partial charge in [0.1, 0.15) is 17.8 Å². The predicted molar refractivity (Wildman–Crippen MR) is 66.6 cm³/mol. The fourth-order valence-electron chi connectivity index (χ4n) is 2.94. The van der Waals surface area contributed by atoms with Crippen LogP contribution in [-0.4, -0.2) is 0 Å². The van der Waals surface area contributed by atoms with E-state index in [2.05, 4.69) is 26.5 Å². The molecule has 0 unspecified atom stereocenters. The van der Waals surface area contributed by atoms with Gasteiger partial charge in [0.05, 0.1) is 6.42 Å². The molecule has 15 heavy (non-hydrogen) atoms. The molecule has 0 nitrogen and oxygen atoms in total. The van der Waals surface area contributed by atoms with Crippen LogP contribution in [0.4, 0.5) is 0 Å². The van der Waals surface area contributed by atoms with Gasteiger partial charge in [0.25, 0.3) is 0 Å². The van der Waals surface area contributed by atoms with Crippen molar-refractivity contribution >= 4 is 0 Å². The van der Waals surface area contributed by atoms with E-state index < -0.39 is 0 Å². The second kappa shape index (κ2) is 4.08. The largest absolute Gasteiger partial charge is 0.112 e. The summed E-state index contributed by atoms with van der Waals surface area (Å²) >= 11 is 0. The first-order valence-corrected chi connectivity index (χ1v) is 6.28. The molecule has 1 saturated carbocycles. The van der Waals surface area contributed by atoms with E-state index in [0.29, 0.717) is 5.41 Å². The molecule has 1 atom stereocenters.